The van der Waals surface area contributed by atoms with Gasteiger partial charge in [-0.15, -0.1) is 11.3 Å². The topological polar surface area (TPSA) is 58.9 Å². The van der Waals surface area contributed by atoms with Crippen molar-refractivity contribution in [3.05, 3.63) is 53.6 Å². The van der Waals surface area contributed by atoms with Crippen molar-refractivity contribution in [2.24, 2.45) is 0 Å². The Balaban J connectivity index is 1.79. The fourth-order valence-corrected chi connectivity index (χ4v) is 2.46. The van der Waals surface area contributed by atoms with E-state index in [0.717, 1.165) is 15.2 Å². The quantitative estimate of drug-likeness (QED) is 0.695. The van der Waals surface area contributed by atoms with Gasteiger partial charge in [-0.2, -0.15) is 0 Å². The monoisotopic (exact) mass is 278 g/mol. The summed E-state index contributed by atoms with van der Waals surface area (Å²) < 4.78 is 0.946. The molecule has 4 nitrogen and oxygen atoms in total. The van der Waals surface area contributed by atoms with E-state index >= 15 is 0 Å². The van der Waals surface area contributed by atoms with Gasteiger partial charge in [-0.25, -0.2) is 15.0 Å². The van der Waals surface area contributed by atoms with Crippen LogP contribution in [0.15, 0.2) is 36.7 Å². The number of aromatic hydroxyl groups is 1. The molecule has 0 saturated carbocycles. The van der Waals surface area contributed by atoms with E-state index < -0.39 is 0 Å². The minimum Gasteiger partial charge on any atom is -0.508 e. The van der Waals surface area contributed by atoms with Crippen molar-refractivity contribution in [1.82, 2.24) is 15.0 Å². The number of allylic oxidation sites excluding steroid dienone is 1. The highest BCUT2D eigenvalue weighted by atomic mass is 32.1. The second-order valence-corrected chi connectivity index (χ2v) is 4.90. The van der Waals surface area contributed by atoms with E-state index in [1.54, 1.807) is 30.5 Å². The highest BCUT2D eigenvalue weighted by Gasteiger charge is 2.01. The minimum absolute atomic E-state index is 0.246. The zero-order chi connectivity index (χ0) is 13.8. The number of phenolic OH excluding ortho intramolecular Hbond substituents is 1. The molecule has 0 bridgehead atoms. The van der Waals surface area contributed by atoms with Crippen LogP contribution in [0.25, 0.3) is 16.3 Å². The molecule has 0 atom stereocenters. The lowest BCUT2D eigenvalue weighted by molar-refractivity contribution is 0.476. The number of nitrogens with zero attached hydrogens (tertiary/aromatic N) is 3. The molecule has 95 valence electrons. The van der Waals surface area contributed by atoms with Crippen LogP contribution in [0.1, 0.15) is 10.7 Å². The molecule has 2 aromatic heterocycles. The van der Waals surface area contributed by atoms with Gasteiger partial charge in [-0.1, -0.05) is 5.92 Å². The Labute approximate surface area is 119 Å². The van der Waals surface area contributed by atoms with E-state index in [0.29, 0.717) is 5.69 Å². The summed E-state index contributed by atoms with van der Waals surface area (Å²) in [6, 6.07) is 5.12. The molecular weight excluding hydrogens is 270 g/mol. The predicted octanol–water partition coefficient (Wildman–Crippen LogP) is 2.66. The summed E-state index contributed by atoms with van der Waals surface area (Å²) in [5, 5.41) is 10.2. The van der Waals surface area contributed by atoms with E-state index in [2.05, 4.69) is 33.0 Å². The Hall–Kier alpha value is -2.71. The SMILES string of the molecule is Oc1ccc2nc(/C=C/C#Cc3cn[c]cn3)sc2c1. The van der Waals surface area contributed by atoms with Crippen LogP contribution in [0.3, 0.4) is 0 Å². The van der Waals surface area contributed by atoms with E-state index in [1.165, 1.54) is 17.5 Å². The number of hydrogen-bond acceptors (Lipinski definition) is 5. The van der Waals surface area contributed by atoms with Crippen molar-refractivity contribution >= 4 is 27.6 Å². The van der Waals surface area contributed by atoms with E-state index in [4.69, 9.17) is 0 Å². The van der Waals surface area contributed by atoms with Crippen LogP contribution in [-0.4, -0.2) is 20.1 Å². The summed E-state index contributed by atoms with van der Waals surface area (Å²) in [6.45, 7) is 0. The molecule has 5 heteroatoms. The minimum atomic E-state index is 0.246. The van der Waals surface area contributed by atoms with Gasteiger partial charge in [0.1, 0.15) is 22.6 Å². The number of fused-ring (bicyclic) bond motifs is 1. The summed E-state index contributed by atoms with van der Waals surface area (Å²) in [4.78, 5) is 12.2. The average Bonchev–Trinajstić information content (AvgIpc) is 2.86. The normalized spacial score (nSPS) is 10.6. The lowest BCUT2D eigenvalue weighted by Crippen LogP contribution is -1.81. The maximum Gasteiger partial charge on any atom is 0.131 e. The lowest BCUT2D eigenvalue weighted by Gasteiger charge is -1.87. The van der Waals surface area contributed by atoms with Crippen LogP contribution >= 0.6 is 11.3 Å². The number of benzene rings is 1. The molecule has 0 spiro atoms. The van der Waals surface area contributed by atoms with Gasteiger partial charge in [0.05, 0.1) is 22.6 Å². The summed E-state index contributed by atoms with van der Waals surface area (Å²) in [5.74, 6) is 5.99. The van der Waals surface area contributed by atoms with Crippen molar-refractivity contribution in [3.63, 3.8) is 0 Å². The first-order chi connectivity index (χ1) is 9.81. The smallest absolute Gasteiger partial charge is 0.131 e. The standard InChI is InChI=1S/C15H8N3OS/c19-12-5-6-13-14(9-12)20-15(18-13)4-2-1-3-11-10-16-7-8-17-11/h2,4-6,8-10,19H/b4-2+. The van der Waals surface area contributed by atoms with Crippen molar-refractivity contribution in [2.75, 3.05) is 0 Å². The molecule has 0 saturated heterocycles. The number of thiazole rings is 1. The van der Waals surface area contributed by atoms with Crippen molar-refractivity contribution in [3.8, 4) is 17.6 Å². The van der Waals surface area contributed by atoms with Crippen LogP contribution in [0.2, 0.25) is 0 Å². The molecule has 0 unspecified atom stereocenters. The van der Waals surface area contributed by atoms with Crippen LogP contribution in [0, 0.1) is 18.0 Å². The lowest BCUT2D eigenvalue weighted by atomic mass is 10.3. The molecule has 1 N–H and O–H groups in total. The number of phenols is 1. The van der Waals surface area contributed by atoms with E-state index in [1.807, 2.05) is 6.08 Å². The van der Waals surface area contributed by atoms with Gasteiger partial charge < -0.3 is 5.11 Å². The Bertz CT molecular complexity index is 828. The molecule has 0 aliphatic carbocycles. The summed E-state index contributed by atoms with van der Waals surface area (Å²) >= 11 is 1.50. The molecular formula is C15H8N3OS. The number of hydrogen-bond donors (Lipinski definition) is 1. The Morgan fingerprint density at radius 3 is 3.15 bits per heavy atom. The number of aromatic nitrogens is 3. The molecule has 0 aliphatic heterocycles. The Morgan fingerprint density at radius 1 is 1.35 bits per heavy atom. The predicted molar refractivity (Wildman–Crippen MR) is 78.1 cm³/mol. The van der Waals surface area contributed by atoms with Crippen molar-refractivity contribution in [2.45, 2.75) is 0 Å². The summed E-state index contributed by atoms with van der Waals surface area (Å²) in [7, 11) is 0. The van der Waals surface area contributed by atoms with Crippen molar-refractivity contribution in [1.29, 1.82) is 0 Å². The van der Waals surface area contributed by atoms with Crippen LogP contribution in [-0.2, 0) is 0 Å². The molecule has 1 radical (unpaired) electrons. The first-order valence-corrected chi connectivity index (χ1v) is 6.59. The second kappa shape index (κ2) is 5.51. The molecule has 3 rings (SSSR count). The van der Waals surface area contributed by atoms with Gasteiger partial charge in [-0.05, 0) is 36.3 Å². The molecule has 20 heavy (non-hydrogen) atoms. The third-order valence-electron chi connectivity index (χ3n) is 2.42. The van der Waals surface area contributed by atoms with Crippen LogP contribution in [0.5, 0.6) is 5.75 Å². The summed E-state index contributed by atoms with van der Waals surface area (Å²) in [6.07, 6.45) is 9.18. The van der Waals surface area contributed by atoms with Gasteiger partial charge in [0.2, 0.25) is 0 Å². The second-order valence-electron chi connectivity index (χ2n) is 3.84. The van der Waals surface area contributed by atoms with Gasteiger partial charge in [-0.3, -0.25) is 0 Å². The van der Waals surface area contributed by atoms with Crippen LogP contribution < -0.4 is 0 Å². The van der Waals surface area contributed by atoms with E-state index in [-0.39, 0.29) is 5.75 Å². The zero-order valence-electron chi connectivity index (χ0n) is 10.2. The third kappa shape index (κ3) is 2.82. The zero-order valence-corrected chi connectivity index (χ0v) is 11.1. The largest absolute Gasteiger partial charge is 0.508 e. The Kier molecular flexibility index (Phi) is 3.40. The van der Waals surface area contributed by atoms with Crippen LogP contribution in [0.4, 0.5) is 0 Å². The van der Waals surface area contributed by atoms with Crippen molar-refractivity contribution < 1.29 is 5.11 Å². The maximum atomic E-state index is 9.40. The fraction of sp³-hybridized carbons (Fsp3) is 0. The highest BCUT2D eigenvalue weighted by molar-refractivity contribution is 7.19. The average molecular weight is 278 g/mol. The third-order valence-corrected chi connectivity index (χ3v) is 3.40. The van der Waals surface area contributed by atoms with Gasteiger partial charge in [0.25, 0.3) is 0 Å². The maximum absolute atomic E-state index is 9.40. The van der Waals surface area contributed by atoms with Gasteiger partial charge >= 0.3 is 0 Å². The summed E-state index contributed by atoms with van der Waals surface area (Å²) in [5.41, 5.74) is 1.47. The molecule has 0 aliphatic rings. The molecule has 2 heterocycles. The van der Waals surface area contributed by atoms with Gasteiger partial charge in [0, 0.05) is 0 Å². The first kappa shape index (κ1) is 12.3. The van der Waals surface area contributed by atoms with Gasteiger partial charge in [0.15, 0.2) is 0 Å². The molecule has 0 fully saturated rings. The molecule has 3 aromatic rings. The molecule has 1 aromatic carbocycles. The Morgan fingerprint density at radius 2 is 2.30 bits per heavy atom. The number of rotatable bonds is 1. The first-order valence-electron chi connectivity index (χ1n) is 5.77. The highest BCUT2D eigenvalue weighted by Crippen LogP contribution is 2.26. The van der Waals surface area contributed by atoms with E-state index in [9.17, 15) is 5.11 Å². The fourth-order valence-electron chi connectivity index (χ4n) is 1.56. The molecule has 0 amide bonds.